The summed E-state index contributed by atoms with van der Waals surface area (Å²) < 4.78 is 1.74. The van der Waals surface area contributed by atoms with Gasteiger partial charge in [0, 0.05) is 32.4 Å². The van der Waals surface area contributed by atoms with E-state index in [1.165, 1.54) is 0 Å². The number of carbonyl (C=O) groups excluding carboxylic acids is 2. The third kappa shape index (κ3) is 3.24. The van der Waals surface area contributed by atoms with Gasteiger partial charge < -0.3 is 15.5 Å². The number of piperidine rings is 1. The number of aryl methyl sites for hydroxylation is 1. The second kappa shape index (κ2) is 6.74. The average Bonchev–Trinajstić information content (AvgIpc) is 2.98. The Bertz CT molecular complexity index is 728. The Hall–Kier alpha value is -2.83. The van der Waals surface area contributed by atoms with Crippen molar-refractivity contribution in [3.8, 4) is 0 Å². The van der Waals surface area contributed by atoms with Gasteiger partial charge in [0.15, 0.2) is 0 Å². The van der Waals surface area contributed by atoms with Crippen LogP contribution in [0.3, 0.4) is 0 Å². The second-order valence-electron chi connectivity index (χ2n) is 5.94. The summed E-state index contributed by atoms with van der Waals surface area (Å²) in [6.45, 7) is 0. The maximum atomic E-state index is 12.3. The molecule has 2 N–H and O–H groups in total. The molecule has 126 valence electrons. The molecule has 3 rings (SSSR count). The van der Waals surface area contributed by atoms with E-state index >= 15 is 0 Å². The first-order valence-electron chi connectivity index (χ1n) is 7.92. The van der Waals surface area contributed by atoms with Crippen LogP contribution in [0.25, 0.3) is 0 Å². The number of hydrogen-bond acceptors (Lipinski definition) is 3. The molecule has 0 radical (unpaired) electrons. The van der Waals surface area contributed by atoms with E-state index in [4.69, 9.17) is 0 Å². The molecule has 0 spiro atoms. The van der Waals surface area contributed by atoms with Crippen LogP contribution < -0.4 is 10.6 Å². The highest BCUT2D eigenvalue weighted by molar-refractivity contribution is 5.89. The number of benzene rings is 1. The third-order valence-corrected chi connectivity index (χ3v) is 4.37. The average molecular weight is 327 g/mol. The number of hydrogen-bond donors (Lipinski definition) is 2. The van der Waals surface area contributed by atoms with Gasteiger partial charge in [0.2, 0.25) is 5.91 Å². The van der Waals surface area contributed by atoms with Crippen LogP contribution in [0.5, 0.6) is 0 Å². The van der Waals surface area contributed by atoms with Gasteiger partial charge in [-0.2, -0.15) is 5.10 Å². The molecule has 2 aromatic rings. The Morgan fingerprint density at radius 3 is 2.62 bits per heavy atom. The minimum absolute atomic E-state index is 0.0720. The summed E-state index contributed by atoms with van der Waals surface area (Å²) in [6.07, 6.45) is 2.71. The molecule has 1 aliphatic heterocycles. The summed E-state index contributed by atoms with van der Waals surface area (Å²) in [5, 5.41) is 10.0. The lowest BCUT2D eigenvalue weighted by atomic mass is 9.93. The van der Waals surface area contributed by atoms with E-state index < -0.39 is 0 Å². The van der Waals surface area contributed by atoms with Crippen LogP contribution in [0.15, 0.2) is 42.6 Å². The number of para-hydroxylation sites is 1. The highest BCUT2D eigenvalue weighted by Crippen LogP contribution is 2.30. The Labute approximate surface area is 140 Å². The zero-order chi connectivity index (χ0) is 17.1. The highest BCUT2D eigenvalue weighted by Gasteiger charge is 2.37. The van der Waals surface area contributed by atoms with Crippen molar-refractivity contribution in [2.75, 3.05) is 12.4 Å². The molecule has 1 aliphatic rings. The van der Waals surface area contributed by atoms with Crippen LogP contribution in [0.1, 0.15) is 24.6 Å². The van der Waals surface area contributed by atoms with Crippen molar-refractivity contribution in [3.05, 3.63) is 48.3 Å². The molecule has 1 fully saturated rings. The van der Waals surface area contributed by atoms with E-state index in [0.717, 1.165) is 11.4 Å². The first-order valence-corrected chi connectivity index (χ1v) is 7.92. The van der Waals surface area contributed by atoms with Gasteiger partial charge in [-0.15, -0.1) is 0 Å². The third-order valence-electron chi connectivity index (χ3n) is 4.37. The predicted molar refractivity (Wildman–Crippen MR) is 90.3 cm³/mol. The number of aromatic nitrogens is 2. The standard InChI is InChI=1S/C17H21N5O2/c1-21-15(23)9-8-13(16(21)14-10-11-18-22(14)2)20-17(24)19-12-6-4-3-5-7-12/h3-7,10-11,13,16H,8-9H2,1-2H3,(H2,19,20,24)/t13-,16-/m1/s1. The lowest BCUT2D eigenvalue weighted by Crippen LogP contribution is -2.52. The molecule has 24 heavy (non-hydrogen) atoms. The summed E-state index contributed by atoms with van der Waals surface area (Å²) >= 11 is 0. The summed E-state index contributed by atoms with van der Waals surface area (Å²) in [5.41, 5.74) is 1.63. The van der Waals surface area contributed by atoms with E-state index in [-0.39, 0.29) is 24.0 Å². The van der Waals surface area contributed by atoms with Crippen LogP contribution in [-0.4, -0.2) is 39.7 Å². The minimum Gasteiger partial charge on any atom is -0.335 e. The van der Waals surface area contributed by atoms with E-state index in [1.54, 1.807) is 22.8 Å². The van der Waals surface area contributed by atoms with Gasteiger partial charge >= 0.3 is 6.03 Å². The van der Waals surface area contributed by atoms with E-state index in [0.29, 0.717) is 12.8 Å². The molecule has 0 saturated carbocycles. The molecular formula is C17H21N5O2. The largest absolute Gasteiger partial charge is 0.335 e. The number of likely N-dealkylation sites (tertiary alicyclic amines) is 1. The van der Waals surface area contributed by atoms with Crippen LogP contribution >= 0.6 is 0 Å². The summed E-state index contributed by atoms with van der Waals surface area (Å²) in [5.74, 6) is 0.0720. The molecule has 2 heterocycles. The van der Waals surface area contributed by atoms with Gasteiger partial charge in [0.25, 0.3) is 0 Å². The second-order valence-corrected chi connectivity index (χ2v) is 5.94. The molecule has 1 aromatic carbocycles. The Kier molecular flexibility index (Phi) is 4.50. The number of rotatable bonds is 3. The number of nitrogens with zero attached hydrogens (tertiary/aromatic N) is 3. The molecule has 1 saturated heterocycles. The van der Waals surface area contributed by atoms with Crippen LogP contribution in [0, 0.1) is 0 Å². The lowest BCUT2D eigenvalue weighted by molar-refractivity contribution is -0.136. The Morgan fingerprint density at radius 2 is 1.96 bits per heavy atom. The maximum absolute atomic E-state index is 12.3. The van der Waals surface area contributed by atoms with E-state index in [2.05, 4.69) is 15.7 Å². The van der Waals surface area contributed by atoms with Crippen molar-refractivity contribution in [1.82, 2.24) is 20.0 Å². The highest BCUT2D eigenvalue weighted by atomic mass is 16.2. The topological polar surface area (TPSA) is 79.3 Å². The molecule has 3 amide bonds. The maximum Gasteiger partial charge on any atom is 0.319 e. The summed E-state index contributed by atoms with van der Waals surface area (Å²) in [4.78, 5) is 26.1. The zero-order valence-electron chi connectivity index (χ0n) is 13.8. The molecule has 0 bridgehead atoms. The van der Waals surface area contributed by atoms with Crippen LogP contribution in [0.2, 0.25) is 0 Å². The van der Waals surface area contributed by atoms with Crippen LogP contribution in [-0.2, 0) is 11.8 Å². The number of carbonyl (C=O) groups is 2. The van der Waals surface area contributed by atoms with Crippen molar-refractivity contribution in [3.63, 3.8) is 0 Å². The van der Waals surface area contributed by atoms with Gasteiger partial charge in [-0.05, 0) is 24.6 Å². The number of nitrogens with one attached hydrogen (secondary N) is 2. The quantitative estimate of drug-likeness (QED) is 0.904. The zero-order valence-corrected chi connectivity index (χ0v) is 13.8. The smallest absolute Gasteiger partial charge is 0.319 e. The molecule has 0 unspecified atom stereocenters. The van der Waals surface area contributed by atoms with Gasteiger partial charge in [-0.1, -0.05) is 18.2 Å². The van der Waals surface area contributed by atoms with Crippen molar-refractivity contribution in [2.45, 2.75) is 24.9 Å². The normalized spacial score (nSPS) is 20.8. The van der Waals surface area contributed by atoms with E-state index in [1.807, 2.05) is 43.4 Å². The van der Waals surface area contributed by atoms with Gasteiger partial charge in [-0.3, -0.25) is 9.48 Å². The first kappa shape index (κ1) is 16.0. The van der Waals surface area contributed by atoms with Crippen molar-refractivity contribution >= 4 is 17.6 Å². The molecule has 1 aromatic heterocycles. The summed E-state index contributed by atoms with van der Waals surface area (Å²) in [6, 6.07) is 10.5. The molecule has 0 aliphatic carbocycles. The minimum atomic E-state index is -0.277. The van der Waals surface area contributed by atoms with Crippen molar-refractivity contribution in [2.24, 2.45) is 7.05 Å². The fourth-order valence-corrected chi connectivity index (χ4v) is 3.13. The number of urea groups is 1. The number of amides is 3. The number of likely N-dealkylation sites (N-methyl/N-ethyl adjacent to an activating group) is 1. The number of anilines is 1. The molecule has 7 heteroatoms. The molecule has 2 atom stereocenters. The fraction of sp³-hybridized carbons (Fsp3) is 0.353. The van der Waals surface area contributed by atoms with Crippen molar-refractivity contribution < 1.29 is 9.59 Å². The van der Waals surface area contributed by atoms with Crippen LogP contribution in [0.4, 0.5) is 10.5 Å². The monoisotopic (exact) mass is 327 g/mol. The predicted octanol–water partition coefficient (Wildman–Crippen LogP) is 1.90. The first-order chi connectivity index (χ1) is 11.6. The van der Waals surface area contributed by atoms with Gasteiger partial charge in [0.1, 0.15) is 0 Å². The van der Waals surface area contributed by atoms with E-state index in [9.17, 15) is 9.59 Å². The van der Waals surface area contributed by atoms with Crippen molar-refractivity contribution in [1.29, 1.82) is 0 Å². The lowest BCUT2D eigenvalue weighted by Gasteiger charge is -2.39. The van der Waals surface area contributed by atoms with Gasteiger partial charge in [0.05, 0.1) is 17.8 Å². The molecular weight excluding hydrogens is 306 g/mol. The summed E-state index contributed by atoms with van der Waals surface area (Å²) in [7, 11) is 3.60. The van der Waals surface area contributed by atoms with Gasteiger partial charge in [-0.25, -0.2) is 4.79 Å². The Morgan fingerprint density at radius 1 is 1.21 bits per heavy atom. The fourth-order valence-electron chi connectivity index (χ4n) is 3.13. The Balaban J connectivity index is 1.76. The SMILES string of the molecule is CN1C(=O)CC[C@@H](NC(=O)Nc2ccccc2)[C@@H]1c1ccnn1C. The molecule has 7 nitrogen and oxygen atoms in total.